The van der Waals surface area contributed by atoms with E-state index in [4.69, 9.17) is 12.2 Å². The second-order valence-electron chi connectivity index (χ2n) is 4.13. The van der Waals surface area contributed by atoms with Gasteiger partial charge >= 0.3 is 6.18 Å². The van der Waals surface area contributed by atoms with Crippen molar-refractivity contribution >= 4 is 12.2 Å². The largest absolute Gasteiger partial charge is 0.416 e. The summed E-state index contributed by atoms with van der Waals surface area (Å²) in [5.74, 6) is -0.601. The highest BCUT2D eigenvalue weighted by molar-refractivity contribution is 7.71. The Morgan fingerprint density at radius 1 is 1.11 bits per heavy atom. The van der Waals surface area contributed by atoms with Gasteiger partial charge in [-0.15, -0.1) is 0 Å². The van der Waals surface area contributed by atoms with E-state index in [-0.39, 0.29) is 15.9 Å². The van der Waals surface area contributed by atoms with E-state index in [0.717, 1.165) is 17.7 Å². The minimum absolute atomic E-state index is 0.0148. The maximum absolute atomic E-state index is 13.7. The number of aryl methyl sites for hydroxylation is 1. The van der Waals surface area contributed by atoms with Gasteiger partial charge < -0.3 is 4.98 Å². The number of hydrogen-bond donors (Lipinski definition) is 1. The minimum atomic E-state index is -4.52. The van der Waals surface area contributed by atoms with Crippen molar-refractivity contribution in [2.24, 2.45) is 0 Å². The zero-order valence-corrected chi connectivity index (χ0v) is 10.6. The highest BCUT2D eigenvalue weighted by atomic mass is 32.1. The highest BCUT2D eigenvalue weighted by Gasteiger charge is 2.31. The normalized spacial score (nSPS) is 11.6. The SMILES string of the molecule is Cc1ccc(F)c(-c2cc(C(F)(F)F)cc(=S)[nH]2)c1. The Hall–Kier alpha value is -1.69. The average molecular weight is 287 g/mol. The molecule has 1 aromatic heterocycles. The van der Waals surface area contributed by atoms with Crippen LogP contribution in [-0.2, 0) is 6.18 Å². The summed E-state index contributed by atoms with van der Waals surface area (Å²) in [5.41, 5.74) is -0.0708. The van der Waals surface area contributed by atoms with E-state index in [9.17, 15) is 17.6 Å². The standard InChI is InChI=1S/C13H9F4NS/c1-7-2-3-10(14)9(4-7)11-5-8(13(15,16)17)6-12(19)18-11/h2-6H,1H3,(H,18,19). The van der Waals surface area contributed by atoms with Crippen molar-refractivity contribution in [1.82, 2.24) is 4.98 Å². The summed E-state index contributed by atoms with van der Waals surface area (Å²) in [6, 6.07) is 5.89. The number of hydrogen-bond acceptors (Lipinski definition) is 1. The molecular weight excluding hydrogens is 278 g/mol. The fraction of sp³-hybridized carbons (Fsp3) is 0.154. The lowest BCUT2D eigenvalue weighted by Gasteiger charge is -2.10. The molecule has 0 aliphatic carbocycles. The number of alkyl halides is 3. The molecule has 0 amide bonds. The van der Waals surface area contributed by atoms with Crippen molar-refractivity contribution < 1.29 is 17.6 Å². The van der Waals surface area contributed by atoms with E-state index in [2.05, 4.69) is 4.98 Å². The van der Waals surface area contributed by atoms with E-state index in [0.29, 0.717) is 0 Å². The smallest absolute Gasteiger partial charge is 0.346 e. The van der Waals surface area contributed by atoms with Crippen molar-refractivity contribution in [3.63, 3.8) is 0 Å². The Morgan fingerprint density at radius 2 is 1.79 bits per heavy atom. The Kier molecular flexibility index (Phi) is 3.45. The summed E-state index contributed by atoms with van der Waals surface area (Å²) in [4.78, 5) is 2.58. The first-order valence-electron chi connectivity index (χ1n) is 5.35. The number of rotatable bonds is 1. The number of aromatic amines is 1. The van der Waals surface area contributed by atoms with Crippen LogP contribution in [0, 0.1) is 17.4 Å². The molecule has 2 rings (SSSR count). The zero-order valence-electron chi connectivity index (χ0n) is 9.81. The van der Waals surface area contributed by atoms with E-state index in [1.807, 2.05) is 0 Å². The lowest BCUT2D eigenvalue weighted by Crippen LogP contribution is -2.06. The van der Waals surface area contributed by atoms with Crippen LogP contribution in [0.5, 0.6) is 0 Å². The first-order chi connectivity index (χ1) is 8.77. The second kappa shape index (κ2) is 4.77. The van der Waals surface area contributed by atoms with Crippen LogP contribution in [0.2, 0.25) is 0 Å². The Balaban J connectivity index is 2.66. The number of H-pyrrole nitrogens is 1. The van der Waals surface area contributed by atoms with Gasteiger partial charge in [-0.3, -0.25) is 0 Å². The lowest BCUT2D eigenvalue weighted by molar-refractivity contribution is -0.137. The molecule has 0 fully saturated rings. The lowest BCUT2D eigenvalue weighted by atomic mass is 10.1. The first kappa shape index (κ1) is 13.7. The van der Waals surface area contributed by atoms with Crippen molar-refractivity contribution in [2.75, 3.05) is 0 Å². The maximum atomic E-state index is 13.7. The van der Waals surface area contributed by atoms with Crippen molar-refractivity contribution in [1.29, 1.82) is 0 Å². The van der Waals surface area contributed by atoms with Crippen LogP contribution in [0.1, 0.15) is 11.1 Å². The third kappa shape index (κ3) is 3.01. The Morgan fingerprint density at radius 3 is 2.42 bits per heavy atom. The van der Waals surface area contributed by atoms with Gasteiger partial charge in [-0.25, -0.2) is 4.39 Å². The Labute approximate surface area is 111 Å². The van der Waals surface area contributed by atoms with Crippen molar-refractivity contribution in [3.8, 4) is 11.3 Å². The molecule has 19 heavy (non-hydrogen) atoms. The molecule has 0 atom stereocenters. The van der Waals surface area contributed by atoms with Gasteiger partial charge in [0.15, 0.2) is 0 Å². The topological polar surface area (TPSA) is 15.8 Å². The van der Waals surface area contributed by atoms with Crippen LogP contribution < -0.4 is 0 Å². The summed E-state index contributed by atoms with van der Waals surface area (Å²) in [6.07, 6.45) is -4.52. The third-order valence-corrected chi connectivity index (χ3v) is 2.80. The molecular formula is C13H9F4NS. The molecule has 2 aromatic rings. The van der Waals surface area contributed by atoms with Crippen LogP contribution in [0.3, 0.4) is 0 Å². The molecule has 1 heterocycles. The predicted molar refractivity (Wildman–Crippen MR) is 66.8 cm³/mol. The first-order valence-corrected chi connectivity index (χ1v) is 5.76. The molecule has 0 aliphatic rings. The molecule has 1 N–H and O–H groups in total. The van der Waals surface area contributed by atoms with E-state index >= 15 is 0 Å². The van der Waals surface area contributed by atoms with Gasteiger partial charge in [0.1, 0.15) is 10.5 Å². The third-order valence-electron chi connectivity index (χ3n) is 2.58. The molecule has 0 saturated carbocycles. The number of halogens is 4. The van der Waals surface area contributed by atoms with Crippen molar-refractivity contribution in [3.05, 3.63) is 51.9 Å². The van der Waals surface area contributed by atoms with Gasteiger partial charge in [-0.1, -0.05) is 23.8 Å². The summed E-state index contributed by atoms with van der Waals surface area (Å²) < 4.78 is 51.7. The van der Waals surface area contributed by atoms with Gasteiger partial charge in [0.05, 0.1) is 5.56 Å². The van der Waals surface area contributed by atoms with E-state index < -0.39 is 17.6 Å². The number of benzene rings is 1. The van der Waals surface area contributed by atoms with Crippen LogP contribution in [-0.4, -0.2) is 4.98 Å². The van der Waals surface area contributed by atoms with E-state index in [1.54, 1.807) is 13.0 Å². The molecule has 1 aromatic carbocycles. The van der Waals surface area contributed by atoms with Gasteiger partial charge in [0, 0.05) is 11.3 Å². The molecule has 1 nitrogen and oxygen atoms in total. The zero-order chi connectivity index (χ0) is 14.2. The summed E-state index contributed by atoms with van der Waals surface area (Å²) in [5, 5.41) is 0. The maximum Gasteiger partial charge on any atom is 0.416 e. The predicted octanol–water partition coefficient (Wildman–Crippen LogP) is 4.88. The minimum Gasteiger partial charge on any atom is -0.346 e. The quantitative estimate of drug-likeness (QED) is 0.584. The number of pyridine rings is 1. The van der Waals surface area contributed by atoms with Crippen LogP contribution in [0.25, 0.3) is 11.3 Å². The molecule has 0 aliphatic heterocycles. The van der Waals surface area contributed by atoms with E-state index in [1.165, 1.54) is 12.1 Å². The fourth-order valence-corrected chi connectivity index (χ4v) is 1.93. The summed E-state index contributed by atoms with van der Waals surface area (Å²) >= 11 is 4.75. The van der Waals surface area contributed by atoms with Gasteiger partial charge in [0.2, 0.25) is 0 Å². The van der Waals surface area contributed by atoms with Gasteiger partial charge in [0.25, 0.3) is 0 Å². The molecule has 0 bridgehead atoms. The van der Waals surface area contributed by atoms with Gasteiger partial charge in [-0.2, -0.15) is 13.2 Å². The summed E-state index contributed by atoms with van der Waals surface area (Å²) in [7, 11) is 0. The Bertz CT molecular complexity index is 673. The molecule has 0 spiro atoms. The monoisotopic (exact) mass is 287 g/mol. The fourth-order valence-electron chi connectivity index (χ4n) is 1.70. The molecule has 0 radical (unpaired) electrons. The number of nitrogens with one attached hydrogen (secondary N) is 1. The second-order valence-corrected chi connectivity index (χ2v) is 4.57. The molecule has 6 heteroatoms. The highest BCUT2D eigenvalue weighted by Crippen LogP contribution is 2.32. The molecule has 0 saturated heterocycles. The molecule has 100 valence electrons. The number of aromatic nitrogens is 1. The van der Waals surface area contributed by atoms with Crippen LogP contribution >= 0.6 is 12.2 Å². The average Bonchev–Trinajstić information content (AvgIpc) is 2.30. The van der Waals surface area contributed by atoms with Crippen LogP contribution in [0.4, 0.5) is 17.6 Å². The van der Waals surface area contributed by atoms with Crippen LogP contribution in [0.15, 0.2) is 30.3 Å². The van der Waals surface area contributed by atoms with Crippen molar-refractivity contribution in [2.45, 2.75) is 13.1 Å². The molecule has 0 unspecified atom stereocenters. The summed E-state index contributed by atoms with van der Waals surface area (Å²) in [6.45, 7) is 1.73. The van der Waals surface area contributed by atoms with Gasteiger partial charge in [-0.05, 0) is 31.2 Å².